The molecule has 0 rings (SSSR count). The Kier molecular flexibility index (Phi) is 4.34. The maximum Gasteiger partial charge on any atom is 0.370 e. The van der Waals surface area contributed by atoms with E-state index in [-0.39, 0.29) is 11.7 Å². The van der Waals surface area contributed by atoms with E-state index in [1.54, 1.807) is 13.0 Å². The van der Waals surface area contributed by atoms with Crippen LogP contribution in [0.1, 0.15) is 20.8 Å². The van der Waals surface area contributed by atoms with Gasteiger partial charge >= 0.3 is 5.97 Å². The van der Waals surface area contributed by atoms with Crippen molar-refractivity contribution in [3.63, 3.8) is 0 Å². The third kappa shape index (κ3) is 4.42. The standard InChI is InChI=1S/C8H14O3/c1-4-11-7(8(9)10)5-6(2)3/h5-6H,4H2,1-3H3,(H,9,10)/b7-5+. The minimum Gasteiger partial charge on any atom is -0.487 e. The van der Waals surface area contributed by atoms with Crippen LogP contribution < -0.4 is 0 Å². The highest BCUT2D eigenvalue weighted by atomic mass is 16.5. The van der Waals surface area contributed by atoms with E-state index < -0.39 is 5.97 Å². The molecule has 0 heterocycles. The Bertz CT molecular complexity index is 159. The van der Waals surface area contributed by atoms with E-state index in [9.17, 15) is 4.79 Å². The first-order valence-electron chi connectivity index (χ1n) is 3.65. The molecule has 0 unspecified atom stereocenters. The van der Waals surface area contributed by atoms with Gasteiger partial charge in [0.15, 0.2) is 0 Å². The Morgan fingerprint density at radius 2 is 2.18 bits per heavy atom. The minimum absolute atomic E-state index is 0.0440. The smallest absolute Gasteiger partial charge is 0.370 e. The average Bonchev–Trinajstić information content (AvgIpc) is 1.86. The van der Waals surface area contributed by atoms with Crippen LogP contribution in [-0.4, -0.2) is 17.7 Å². The summed E-state index contributed by atoms with van der Waals surface area (Å²) in [5, 5.41) is 8.56. The van der Waals surface area contributed by atoms with Gasteiger partial charge in [-0.15, -0.1) is 0 Å². The highest BCUT2D eigenvalue weighted by Crippen LogP contribution is 2.03. The minimum atomic E-state index is -0.999. The first-order valence-corrected chi connectivity index (χ1v) is 3.65. The van der Waals surface area contributed by atoms with Gasteiger partial charge < -0.3 is 9.84 Å². The fraction of sp³-hybridized carbons (Fsp3) is 0.625. The van der Waals surface area contributed by atoms with Crippen LogP contribution >= 0.6 is 0 Å². The fourth-order valence-electron chi connectivity index (χ4n) is 0.639. The Morgan fingerprint density at radius 1 is 1.64 bits per heavy atom. The molecule has 0 fully saturated rings. The first kappa shape index (κ1) is 10.0. The molecule has 0 aliphatic carbocycles. The van der Waals surface area contributed by atoms with Crippen LogP contribution in [0.15, 0.2) is 11.8 Å². The molecule has 1 N–H and O–H groups in total. The summed E-state index contributed by atoms with van der Waals surface area (Å²) in [7, 11) is 0. The number of hydrogen-bond acceptors (Lipinski definition) is 2. The van der Waals surface area contributed by atoms with Gasteiger partial charge in [-0.2, -0.15) is 0 Å². The zero-order valence-electron chi connectivity index (χ0n) is 7.13. The fourth-order valence-corrected chi connectivity index (χ4v) is 0.639. The molecular formula is C8H14O3. The average molecular weight is 158 g/mol. The Hall–Kier alpha value is -0.990. The molecule has 0 spiro atoms. The van der Waals surface area contributed by atoms with E-state index in [0.29, 0.717) is 6.61 Å². The number of rotatable bonds is 4. The molecule has 3 heteroatoms. The maximum atomic E-state index is 10.4. The van der Waals surface area contributed by atoms with Gasteiger partial charge in [0.25, 0.3) is 0 Å². The van der Waals surface area contributed by atoms with Gasteiger partial charge in [-0.25, -0.2) is 4.79 Å². The first-order chi connectivity index (χ1) is 5.07. The van der Waals surface area contributed by atoms with Gasteiger partial charge in [0.2, 0.25) is 5.76 Å². The van der Waals surface area contributed by atoms with Crippen LogP contribution in [-0.2, 0) is 9.53 Å². The molecule has 0 aromatic carbocycles. The molecule has 0 aliphatic rings. The van der Waals surface area contributed by atoms with Crippen molar-refractivity contribution in [2.45, 2.75) is 20.8 Å². The molecule has 0 saturated carbocycles. The second kappa shape index (κ2) is 4.77. The topological polar surface area (TPSA) is 46.5 Å². The number of hydrogen-bond donors (Lipinski definition) is 1. The number of aliphatic carboxylic acids is 1. The predicted octanol–water partition coefficient (Wildman–Crippen LogP) is 1.65. The van der Waals surface area contributed by atoms with Crippen LogP contribution in [0, 0.1) is 5.92 Å². The second-order valence-corrected chi connectivity index (χ2v) is 2.51. The molecule has 0 radical (unpaired) electrons. The van der Waals surface area contributed by atoms with Crippen molar-refractivity contribution in [3.8, 4) is 0 Å². The lowest BCUT2D eigenvalue weighted by molar-refractivity contribution is -0.136. The molecular weight excluding hydrogens is 144 g/mol. The van der Waals surface area contributed by atoms with Crippen molar-refractivity contribution in [2.75, 3.05) is 6.61 Å². The Labute approximate surface area is 66.7 Å². The highest BCUT2D eigenvalue weighted by molar-refractivity contribution is 5.84. The van der Waals surface area contributed by atoms with E-state index in [1.807, 2.05) is 13.8 Å². The van der Waals surface area contributed by atoms with Crippen LogP contribution in [0.4, 0.5) is 0 Å². The van der Waals surface area contributed by atoms with Crippen molar-refractivity contribution >= 4 is 5.97 Å². The lowest BCUT2D eigenvalue weighted by atomic mass is 10.2. The molecule has 0 aliphatic heterocycles. The van der Waals surface area contributed by atoms with Crippen LogP contribution in [0.25, 0.3) is 0 Å². The zero-order chi connectivity index (χ0) is 8.85. The molecule has 64 valence electrons. The quantitative estimate of drug-likeness (QED) is 0.499. The van der Waals surface area contributed by atoms with Crippen LogP contribution in [0.3, 0.4) is 0 Å². The van der Waals surface area contributed by atoms with Crippen molar-refractivity contribution in [1.82, 2.24) is 0 Å². The highest BCUT2D eigenvalue weighted by Gasteiger charge is 2.07. The summed E-state index contributed by atoms with van der Waals surface area (Å²) >= 11 is 0. The normalized spacial score (nSPS) is 11.8. The van der Waals surface area contributed by atoms with Gasteiger partial charge in [0.05, 0.1) is 6.61 Å². The van der Waals surface area contributed by atoms with Crippen molar-refractivity contribution in [1.29, 1.82) is 0 Å². The van der Waals surface area contributed by atoms with E-state index >= 15 is 0 Å². The monoisotopic (exact) mass is 158 g/mol. The Morgan fingerprint density at radius 3 is 2.45 bits per heavy atom. The number of ether oxygens (including phenoxy) is 1. The van der Waals surface area contributed by atoms with Crippen molar-refractivity contribution in [2.24, 2.45) is 5.92 Å². The van der Waals surface area contributed by atoms with Gasteiger partial charge in [-0.1, -0.05) is 13.8 Å². The largest absolute Gasteiger partial charge is 0.487 e. The second-order valence-electron chi connectivity index (χ2n) is 2.51. The lowest BCUT2D eigenvalue weighted by Crippen LogP contribution is -2.06. The van der Waals surface area contributed by atoms with E-state index in [0.717, 1.165) is 0 Å². The summed E-state index contributed by atoms with van der Waals surface area (Å²) in [6.07, 6.45) is 1.59. The lowest BCUT2D eigenvalue weighted by Gasteiger charge is -2.04. The van der Waals surface area contributed by atoms with Crippen molar-refractivity contribution in [3.05, 3.63) is 11.8 Å². The summed E-state index contributed by atoms with van der Waals surface area (Å²) in [6.45, 7) is 5.96. The number of allylic oxidation sites excluding steroid dienone is 1. The summed E-state index contributed by atoms with van der Waals surface area (Å²) in [5.74, 6) is -0.754. The molecule has 0 saturated heterocycles. The van der Waals surface area contributed by atoms with Crippen molar-refractivity contribution < 1.29 is 14.6 Å². The van der Waals surface area contributed by atoms with Gasteiger partial charge in [-0.05, 0) is 18.9 Å². The third-order valence-electron chi connectivity index (χ3n) is 0.995. The molecule has 0 amide bonds. The Balaban J connectivity index is 4.20. The molecule has 0 atom stereocenters. The number of carboxylic acid groups (broad SMARTS) is 1. The third-order valence-corrected chi connectivity index (χ3v) is 0.995. The summed E-state index contributed by atoms with van der Waals surface area (Å²) in [5.41, 5.74) is 0. The van der Waals surface area contributed by atoms with E-state index in [4.69, 9.17) is 9.84 Å². The van der Waals surface area contributed by atoms with Gasteiger partial charge in [0, 0.05) is 0 Å². The summed E-state index contributed by atoms with van der Waals surface area (Å²) in [6, 6.07) is 0. The molecule has 0 bridgehead atoms. The molecule has 0 aromatic heterocycles. The number of carbonyl (C=O) groups is 1. The summed E-state index contributed by atoms with van der Waals surface area (Å²) < 4.78 is 4.88. The molecule has 0 aromatic rings. The van der Waals surface area contributed by atoms with E-state index in [1.165, 1.54) is 0 Å². The van der Waals surface area contributed by atoms with Gasteiger partial charge in [0.1, 0.15) is 0 Å². The van der Waals surface area contributed by atoms with Crippen LogP contribution in [0.2, 0.25) is 0 Å². The van der Waals surface area contributed by atoms with Crippen LogP contribution in [0.5, 0.6) is 0 Å². The maximum absolute atomic E-state index is 10.4. The molecule has 11 heavy (non-hydrogen) atoms. The van der Waals surface area contributed by atoms with E-state index in [2.05, 4.69) is 0 Å². The SMILES string of the molecule is CCO/C(=C/C(C)C)C(=O)O. The molecule has 3 nitrogen and oxygen atoms in total. The van der Waals surface area contributed by atoms with Gasteiger partial charge in [-0.3, -0.25) is 0 Å². The summed E-state index contributed by atoms with van der Waals surface area (Å²) in [4.78, 5) is 10.4. The zero-order valence-corrected chi connectivity index (χ0v) is 7.13. The number of carboxylic acids is 1. The predicted molar refractivity (Wildman–Crippen MR) is 42.2 cm³/mol.